The van der Waals surface area contributed by atoms with Gasteiger partial charge in [-0.2, -0.15) is 13.2 Å². The van der Waals surface area contributed by atoms with Crippen LogP contribution >= 0.6 is 0 Å². The molecule has 1 aromatic rings. The summed E-state index contributed by atoms with van der Waals surface area (Å²) in [5, 5.41) is 3.43. The van der Waals surface area contributed by atoms with Crippen LogP contribution in [0.5, 0.6) is 0 Å². The highest BCUT2D eigenvalue weighted by Crippen LogP contribution is 2.40. The van der Waals surface area contributed by atoms with E-state index in [1.54, 1.807) is 0 Å². The van der Waals surface area contributed by atoms with Gasteiger partial charge in [0.15, 0.2) is 0 Å². The van der Waals surface area contributed by atoms with E-state index >= 15 is 0 Å². The summed E-state index contributed by atoms with van der Waals surface area (Å²) in [6, 6.07) is 8.83. The monoisotopic (exact) mass is 297 g/mol. The smallest absolute Gasteiger partial charge is 0.310 e. The molecule has 2 fully saturated rings. The Kier molecular flexibility index (Phi) is 4.25. The number of benzene rings is 1. The van der Waals surface area contributed by atoms with Gasteiger partial charge in [-0.1, -0.05) is 24.3 Å². The van der Waals surface area contributed by atoms with Crippen LogP contribution in [0.2, 0.25) is 0 Å². The molecule has 0 bridgehead atoms. The Labute approximate surface area is 123 Å². The van der Waals surface area contributed by atoms with Crippen LogP contribution in [-0.2, 0) is 6.54 Å². The lowest BCUT2D eigenvalue weighted by molar-refractivity contribution is -0.182. The Morgan fingerprint density at radius 1 is 1.00 bits per heavy atom. The van der Waals surface area contributed by atoms with Gasteiger partial charge in [-0.15, -0.1) is 0 Å². The highest BCUT2D eigenvalue weighted by molar-refractivity contribution is 5.29. The second kappa shape index (κ2) is 5.99. The minimum Gasteiger partial charge on any atom is -0.310 e. The Hall–Kier alpha value is -1.03. The van der Waals surface area contributed by atoms with Gasteiger partial charge in [0.2, 0.25) is 0 Å². The van der Waals surface area contributed by atoms with Crippen LogP contribution in [0.15, 0.2) is 24.3 Å². The summed E-state index contributed by atoms with van der Waals surface area (Å²) in [6.45, 7) is 0.766. The lowest BCUT2D eigenvalue weighted by Crippen LogP contribution is -2.36. The van der Waals surface area contributed by atoms with E-state index in [9.17, 15) is 13.2 Å². The fourth-order valence-electron chi connectivity index (χ4n) is 3.26. The fraction of sp³-hybridized carbons (Fsp3) is 0.647. The third-order valence-corrected chi connectivity index (χ3v) is 4.78. The van der Waals surface area contributed by atoms with Crippen molar-refractivity contribution in [2.75, 3.05) is 0 Å². The molecular weight excluding hydrogens is 275 g/mol. The molecule has 4 heteroatoms. The maximum absolute atomic E-state index is 12.6. The number of hydrogen-bond donors (Lipinski definition) is 1. The van der Waals surface area contributed by atoms with E-state index in [-0.39, 0.29) is 18.9 Å². The average Bonchev–Trinajstić information content (AvgIpc) is 3.30. The van der Waals surface area contributed by atoms with Crippen LogP contribution in [0.25, 0.3) is 0 Å². The highest BCUT2D eigenvalue weighted by Gasteiger charge is 2.41. The Morgan fingerprint density at radius 2 is 1.71 bits per heavy atom. The number of halogens is 3. The first-order valence-corrected chi connectivity index (χ1v) is 7.91. The van der Waals surface area contributed by atoms with Crippen molar-refractivity contribution < 1.29 is 13.2 Å². The third-order valence-electron chi connectivity index (χ3n) is 4.78. The Bertz CT molecular complexity index is 471. The Balaban J connectivity index is 1.47. The van der Waals surface area contributed by atoms with Crippen molar-refractivity contribution >= 4 is 0 Å². The zero-order valence-electron chi connectivity index (χ0n) is 12.1. The molecule has 116 valence electrons. The summed E-state index contributed by atoms with van der Waals surface area (Å²) in [7, 11) is 0. The maximum atomic E-state index is 12.6. The van der Waals surface area contributed by atoms with Crippen LogP contribution in [-0.4, -0.2) is 12.2 Å². The molecule has 1 nitrogen and oxygen atoms in total. The highest BCUT2D eigenvalue weighted by atomic mass is 19.4. The minimum atomic E-state index is -4.01. The first-order chi connectivity index (χ1) is 10.0. The molecule has 0 radical (unpaired) electrons. The molecule has 0 atom stereocenters. The zero-order valence-corrected chi connectivity index (χ0v) is 12.1. The van der Waals surface area contributed by atoms with Crippen molar-refractivity contribution in [3.05, 3.63) is 35.4 Å². The molecule has 0 spiro atoms. The predicted molar refractivity (Wildman–Crippen MR) is 77.1 cm³/mol. The van der Waals surface area contributed by atoms with E-state index in [0.717, 1.165) is 12.5 Å². The topological polar surface area (TPSA) is 12.0 Å². The lowest BCUT2D eigenvalue weighted by atomic mass is 9.85. The first-order valence-electron chi connectivity index (χ1n) is 7.91. The summed E-state index contributed by atoms with van der Waals surface area (Å²) >= 11 is 0. The molecule has 21 heavy (non-hydrogen) atoms. The molecule has 3 rings (SSSR count). The minimum absolute atomic E-state index is 0.230. The SMILES string of the molecule is FC(F)(F)C1CCC(NCc2cccc(C3CC3)c2)CC1. The molecule has 1 aromatic carbocycles. The van der Waals surface area contributed by atoms with Crippen molar-refractivity contribution in [1.82, 2.24) is 5.32 Å². The van der Waals surface area contributed by atoms with Crippen LogP contribution in [0.4, 0.5) is 13.2 Å². The van der Waals surface area contributed by atoms with Gasteiger partial charge in [0.25, 0.3) is 0 Å². The number of rotatable bonds is 4. The van der Waals surface area contributed by atoms with Crippen molar-refractivity contribution in [3.63, 3.8) is 0 Å². The van der Waals surface area contributed by atoms with Gasteiger partial charge in [0, 0.05) is 12.6 Å². The molecule has 0 aromatic heterocycles. The quantitative estimate of drug-likeness (QED) is 0.843. The molecule has 0 unspecified atom stereocenters. The van der Waals surface area contributed by atoms with Gasteiger partial charge in [-0.3, -0.25) is 0 Å². The molecule has 0 saturated heterocycles. The molecule has 0 amide bonds. The van der Waals surface area contributed by atoms with E-state index in [2.05, 4.69) is 29.6 Å². The summed E-state index contributed by atoms with van der Waals surface area (Å²) in [5.41, 5.74) is 2.66. The van der Waals surface area contributed by atoms with Gasteiger partial charge in [-0.05, 0) is 55.6 Å². The number of nitrogens with one attached hydrogen (secondary N) is 1. The second-order valence-corrected chi connectivity index (χ2v) is 6.49. The van der Waals surface area contributed by atoms with Gasteiger partial charge in [-0.25, -0.2) is 0 Å². The van der Waals surface area contributed by atoms with Crippen LogP contribution in [0, 0.1) is 5.92 Å². The third kappa shape index (κ3) is 4.00. The molecular formula is C17H22F3N. The van der Waals surface area contributed by atoms with Gasteiger partial charge in [0.05, 0.1) is 5.92 Å². The van der Waals surface area contributed by atoms with Gasteiger partial charge in [0.1, 0.15) is 0 Å². The summed E-state index contributed by atoms with van der Waals surface area (Å²) in [5.74, 6) is -0.346. The summed E-state index contributed by atoms with van der Waals surface area (Å²) < 4.78 is 37.9. The second-order valence-electron chi connectivity index (χ2n) is 6.49. The normalized spacial score (nSPS) is 26.8. The molecule has 2 aliphatic carbocycles. The molecule has 1 N–H and O–H groups in total. The van der Waals surface area contributed by atoms with Gasteiger partial charge >= 0.3 is 6.18 Å². The van der Waals surface area contributed by atoms with Crippen LogP contribution < -0.4 is 5.32 Å². The van der Waals surface area contributed by atoms with Crippen LogP contribution in [0.3, 0.4) is 0 Å². The van der Waals surface area contributed by atoms with Crippen molar-refractivity contribution in [3.8, 4) is 0 Å². The fourth-order valence-corrected chi connectivity index (χ4v) is 3.26. The molecule has 0 aliphatic heterocycles. The number of hydrogen-bond acceptors (Lipinski definition) is 1. The average molecular weight is 297 g/mol. The summed E-state index contributed by atoms with van der Waals surface area (Å²) in [6.07, 6.45) is 0.367. The molecule has 2 saturated carbocycles. The maximum Gasteiger partial charge on any atom is 0.391 e. The van der Waals surface area contributed by atoms with Crippen molar-refractivity contribution in [1.29, 1.82) is 0 Å². The van der Waals surface area contributed by atoms with Crippen molar-refractivity contribution in [2.24, 2.45) is 5.92 Å². The summed E-state index contributed by atoms with van der Waals surface area (Å²) in [4.78, 5) is 0. The standard InChI is InChI=1S/C17H22F3N/c18-17(19,20)15-6-8-16(9-7-15)21-11-12-2-1-3-14(10-12)13-4-5-13/h1-3,10,13,15-16,21H,4-9,11H2. The molecule has 2 aliphatic rings. The molecule has 0 heterocycles. The largest absolute Gasteiger partial charge is 0.391 e. The van der Waals surface area contributed by atoms with E-state index in [1.165, 1.54) is 24.0 Å². The van der Waals surface area contributed by atoms with Crippen molar-refractivity contribution in [2.45, 2.75) is 63.2 Å². The van der Waals surface area contributed by atoms with E-state index < -0.39 is 12.1 Å². The predicted octanol–water partition coefficient (Wildman–Crippen LogP) is 4.77. The van der Waals surface area contributed by atoms with Crippen LogP contribution in [0.1, 0.15) is 55.6 Å². The zero-order chi connectivity index (χ0) is 14.9. The first kappa shape index (κ1) is 14.9. The van der Waals surface area contributed by atoms with E-state index in [1.807, 2.05) is 0 Å². The lowest BCUT2D eigenvalue weighted by Gasteiger charge is -2.30. The van der Waals surface area contributed by atoms with E-state index in [4.69, 9.17) is 0 Å². The number of alkyl halides is 3. The van der Waals surface area contributed by atoms with E-state index in [0.29, 0.717) is 12.8 Å². The Morgan fingerprint density at radius 3 is 2.33 bits per heavy atom. The van der Waals surface area contributed by atoms with Gasteiger partial charge < -0.3 is 5.32 Å².